The predicted molar refractivity (Wildman–Crippen MR) is 69.1 cm³/mol. The van der Waals surface area contributed by atoms with Crippen molar-refractivity contribution in [1.82, 2.24) is 0 Å². The van der Waals surface area contributed by atoms with Crippen LogP contribution in [-0.2, 0) is 4.84 Å². The molecule has 0 fully saturated rings. The molecule has 0 N–H and O–H groups in total. The lowest BCUT2D eigenvalue weighted by atomic mass is 10.0. The Morgan fingerprint density at radius 1 is 1.53 bits per heavy atom. The smallest absolute Gasteiger partial charge is 0.149 e. The van der Waals surface area contributed by atoms with Crippen molar-refractivity contribution in [1.29, 1.82) is 0 Å². The molecule has 1 aromatic rings. The molecule has 4 heteroatoms. The van der Waals surface area contributed by atoms with Gasteiger partial charge in [-0.15, -0.1) is 11.6 Å². The fourth-order valence-corrected chi connectivity index (χ4v) is 2.01. The van der Waals surface area contributed by atoms with E-state index in [1.807, 2.05) is 26.0 Å². The lowest BCUT2D eigenvalue weighted by Gasteiger charge is -2.09. The molecule has 2 atom stereocenters. The molecule has 0 spiro atoms. The largest absolute Gasteiger partial charge is 0.496 e. The standard InChI is InChI=1S/C13H16ClNO2/c1-8-6-10(4-5-12(8)16-3)11-7-13(9(2)14)17-15-11/h4-6,9,13H,7H2,1-3H3. The normalized spacial score (nSPS) is 20.7. The highest BCUT2D eigenvalue weighted by Gasteiger charge is 2.26. The fourth-order valence-electron chi connectivity index (χ4n) is 1.87. The lowest BCUT2D eigenvalue weighted by molar-refractivity contribution is 0.0855. The van der Waals surface area contributed by atoms with Crippen LogP contribution in [0.15, 0.2) is 23.4 Å². The van der Waals surface area contributed by atoms with Gasteiger partial charge in [-0.25, -0.2) is 0 Å². The number of methoxy groups -OCH3 is 1. The summed E-state index contributed by atoms with van der Waals surface area (Å²) < 4.78 is 5.23. The van der Waals surface area contributed by atoms with E-state index in [0.717, 1.165) is 29.0 Å². The molecule has 0 amide bonds. The summed E-state index contributed by atoms with van der Waals surface area (Å²) in [5.41, 5.74) is 3.12. The van der Waals surface area contributed by atoms with Gasteiger partial charge in [0.25, 0.3) is 0 Å². The Morgan fingerprint density at radius 3 is 2.82 bits per heavy atom. The highest BCUT2D eigenvalue weighted by molar-refractivity contribution is 6.21. The fraction of sp³-hybridized carbons (Fsp3) is 0.462. The highest BCUT2D eigenvalue weighted by Crippen LogP contribution is 2.24. The van der Waals surface area contributed by atoms with Crippen LogP contribution < -0.4 is 4.74 Å². The van der Waals surface area contributed by atoms with Gasteiger partial charge in [0.05, 0.1) is 18.2 Å². The second kappa shape index (κ2) is 4.96. The number of benzene rings is 1. The van der Waals surface area contributed by atoms with Crippen LogP contribution in [0.5, 0.6) is 5.75 Å². The molecule has 0 saturated heterocycles. The summed E-state index contributed by atoms with van der Waals surface area (Å²) in [5, 5.41) is 4.06. The third-order valence-corrected chi connectivity index (χ3v) is 3.21. The van der Waals surface area contributed by atoms with E-state index in [2.05, 4.69) is 11.2 Å². The average Bonchev–Trinajstić information content (AvgIpc) is 2.78. The summed E-state index contributed by atoms with van der Waals surface area (Å²) in [6, 6.07) is 6.00. The van der Waals surface area contributed by atoms with Crippen LogP contribution in [0.3, 0.4) is 0 Å². The quantitative estimate of drug-likeness (QED) is 0.775. The van der Waals surface area contributed by atoms with E-state index in [1.54, 1.807) is 7.11 Å². The zero-order chi connectivity index (χ0) is 12.4. The third kappa shape index (κ3) is 2.55. The van der Waals surface area contributed by atoms with Crippen molar-refractivity contribution in [2.45, 2.75) is 31.7 Å². The number of ether oxygens (including phenoxy) is 1. The lowest BCUT2D eigenvalue weighted by Crippen LogP contribution is -2.18. The van der Waals surface area contributed by atoms with Crippen LogP contribution in [0.1, 0.15) is 24.5 Å². The first kappa shape index (κ1) is 12.2. The van der Waals surface area contributed by atoms with Gasteiger partial charge in [-0.3, -0.25) is 0 Å². The predicted octanol–water partition coefficient (Wildman–Crippen LogP) is 3.12. The summed E-state index contributed by atoms with van der Waals surface area (Å²) in [4.78, 5) is 5.30. The SMILES string of the molecule is COc1ccc(C2=NOC(C(C)Cl)C2)cc1C. The zero-order valence-corrected chi connectivity index (χ0v) is 11.0. The van der Waals surface area contributed by atoms with Crippen molar-refractivity contribution in [2.24, 2.45) is 5.16 Å². The molecule has 0 radical (unpaired) electrons. The molecule has 1 aliphatic rings. The number of hydrogen-bond donors (Lipinski definition) is 0. The second-order valence-corrected chi connectivity index (χ2v) is 4.94. The minimum absolute atomic E-state index is 0.0194. The van der Waals surface area contributed by atoms with Crippen LogP contribution >= 0.6 is 11.6 Å². The Balaban J connectivity index is 2.17. The zero-order valence-electron chi connectivity index (χ0n) is 10.2. The van der Waals surface area contributed by atoms with Gasteiger partial charge in [-0.1, -0.05) is 5.16 Å². The molecule has 1 heterocycles. The molecule has 2 unspecified atom stereocenters. The van der Waals surface area contributed by atoms with E-state index >= 15 is 0 Å². The average molecular weight is 254 g/mol. The maximum atomic E-state index is 6.00. The van der Waals surface area contributed by atoms with Gasteiger partial charge in [0.15, 0.2) is 0 Å². The summed E-state index contributed by atoms with van der Waals surface area (Å²) in [5.74, 6) is 0.885. The molecule has 92 valence electrons. The molecule has 0 bridgehead atoms. The van der Waals surface area contributed by atoms with E-state index in [4.69, 9.17) is 21.2 Å². The van der Waals surface area contributed by atoms with E-state index in [1.165, 1.54) is 0 Å². The monoisotopic (exact) mass is 253 g/mol. The Bertz CT molecular complexity index is 443. The first-order chi connectivity index (χ1) is 8.11. The molecular weight excluding hydrogens is 238 g/mol. The van der Waals surface area contributed by atoms with Gasteiger partial charge in [0.2, 0.25) is 0 Å². The van der Waals surface area contributed by atoms with Crippen molar-refractivity contribution >= 4 is 17.3 Å². The van der Waals surface area contributed by atoms with E-state index in [9.17, 15) is 0 Å². The van der Waals surface area contributed by atoms with Crippen LogP contribution in [0.2, 0.25) is 0 Å². The van der Waals surface area contributed by atoms with Crippen LogP contribution in [-0.4, -0.2) is 24.3 Å². The van der Waals surface area contributed by atoms with Gasteiger partial charge >= 0.3 is 0 Å². The van der Waals surface area contributed by atoms with Crippen molar-refractivity contribution in [2.75, 3.05) is 7.11 Å². The summed E-state index contributed by atoms with van der Waals surface area (Å²) in [6.45, 7) is 3.93. The summed E-state index contributed by atoms with van der Waals surface area (Å²) >= 11 is 6.00. The Hall–Kier alpha value is -1.22. The van der Waals surface area contributed by atoms with Crippen molar-refractivity contribution in [3.8, 4) is 5.75 Å². The molecule has 1 aliphatic heterocycles. The minimum Gasteiger partial charge on any atom is -0.496 e. The van der Waals surface area contributed by atoms with Gasteiger partial charge in [-0.2, -0.15) is 0 Å². The molecule has 1 aromatic carbocycles. The number of aryl methyl sites for hydroxylation is 1. The number of oxime groups is 1. The molecule has 2 rings (SSSR count). The second-order valence-electron chi connectivity index (χ2n) is 4.25. The number of halogens is 1. The Labute approximate surface area is 106 Å². The van der Waals surface area contributed by atoms with Gasteiger partial charge in [-0.05, 0) is 43.2 Å². The molecule has 3 nitrogen and oxygen atoms in total. The maximum Gasteiger partial charge on any atom is 0.149 e. The maximum absolute atomic E-state index is 6.00. The van der Waals surface area contributed by atoms with Crippen LogP contribution in [0, 0.1) is 6.92 Å². The van der Waals surface area contributed by atoms with Crippen LogP contribution in [0.25, 0.3) is 0 Å². The summed E-state index contributed by atoms with van der Waals surface area (Å²) in [6.07, 6.45) is 0.741. The first-order valence-corrected chi connectivity index (χ1v) is 6.07. The van der Waals surface area contributed by atoms with Gasteiger partial charge < -0.3 is 9.57 Å². The number of hydrogen-bond acceptors (Lipinski definition) is 3. The van der Waals surface area contributed by atoms with Crippen molar-refractivity contribution in [3.05, 3.63) is 29.3 Å². The van der Waals surface area contributed by atoms with Crippen molar-refractivity contribution < 1.29 is 9.57 Å². The number of nitrogens with zero attached hydrogens (tertiary/aromatic N) is 1. The van der Waals surface area contributed by atoms with E-state index in [0.29, 0.717) is 0 Å². The summed E-state index contributed by atoms with van der Waals surface area (Å²) in [7, 11) is 1.67. The van der Waals surface area contributed by atoms with E-state index in [-0.39, 0.29) is 11.5 Å². The van der Waals surface area contributed by atoms with Gasteiger partial charge in [0.1, 0.15) is 11.9 Å². The highest BCUT2D eigenvalue weighted by atomic mass is 35.5. The van der Waals surface area contributed by atoms with E-state index < -0.39 is 0 Å². The minimum atomic E-state index is -0.0319. The molecular formula is C13H16ClNO2. The number of alkyl halides is 1. The molecule has 0 aliphatic carbocycles. The molecule has 0 saturated carbocycles. The van der Waals surface area contributed by atoms with Gasteiger partial charge in [0, 0.05) is 6.42 Å². The topological polar surface area (TPSA) is 30.8 Å². The molecule has 0 aromatic heterocycles. The van der Waals surface area contributed by atoms with Crippen molar-refractivity contribution in [3.63, 3.8) is 0 Å². The first-order valence-electron chi connectivity index (χ1n) is 5.63. The van der Waals surface area contributed by atoms with Crippen LogP contribution in [0.4, 0.5) is 0 Å². The number of rotatable bonds is 3. The third-order valence-electron chi connectivity index (χ3n) is 2.93. The Kier molecular flexibility index (Phi) is 3.57. The Morgan fingerprint density at radius 2 is 2.29 bits per heavy atom. The molecule has 17 heavy (non-hydrogen) atoms.